The summed E-state index contributed by atoms with van der Waals surface area (Å²) in [4.78, 5) is 22.3. The van der Waals surface area contributed by atoms with Crippen LogP contribution < -0.4 is 0 Å². The van der Waals surface area contributed by atoms with E-state index in [-0.39, 0.29) is 29.0 Å². The molecule has 1 aromatic carbocycles. The Balaban J connectivity index is 2.77. The molecule has 0 aliphatic rings. The maximum Gasteiger partial charge on any atom is 0.337 e. The van der Waals surface area contributed by atoms with E-state index in [1.54, 1.807) is 20.8 Å². The first-order chi connectivity index (χ1) is 9.10. The van der Waals surface area contributed by atoms with Crippen molar-refractivity contribution in [1.82, 2.24) is 0 Å². The van der Waals surface area contributed by atoms with Gasteiger partial charge in [0.05, 0.1) is 10.6 Å². The van der Waals surface area contributed by atoms with Gasteiger partial charge in [-0.1, -0.05) is 11.6 Å². The van der Waals surface area contributed by atoms with Gasteiger partial charge in [-0.3, -0.25) is 4.79 Å². The molecule has 1 aromatic rings. The van der Waals surface area contributed by atoms with Crippen LogP contribution in [0.15, 0.2) is 12.1 Å². The minimum absolute atomic E-state index is 0.00304. The normalized spacial score (nSPS) is 11.2. The van der Waals surface area contributed by atoms with Gasteiger partial charge in [-0.2, -0.15) is 0 Å². The number of esters is 1. The zero-order valence-corrected chi connectivity index (χ0v) is 12.3. The Kier molecular flexibility index (Phi) is 5.11. The van der Waals surface area contributed by atoms with Crippen molar-refractivity contribution in [2.45, 2.75) is 39.2 Å². The zero-order chi connectivity index (χ0) is 15.5. The van der Waals surface area contributed by atoms with Crippen LogP contribution in [0.1, 0.15) is 43.1 Å². The molecule has 0 unspecified atom stereocenters. The zero-order valence-electron chi connectivity index (χ0n) is 11.5. The van der Waals surface area contributed by atoms with Gasteiger partial charge in [-0.25, -0.2) is 9.18 Å². The number of hydrogen-bond donors (Lipinski definition) is 1. The highest BCUT2D eigenvalue weighted by Crippen LogP contribution is 2.22. The lowest BCUT2D eigenvalue weighted by Gasteiger charge is -2.19. The van der Waals surface area contributed by atoms with Crippen LogP contribution >= 0.6 is 11.6 Å². The summed E-state index contributed by atoms with van der Waals surface area (Å²) in [5, 5.41) is 8.74. The van der Waals surface area contributed by atoms with Gasteiger partial charge in [0.1, 0.15) is 11.4 Å². The molecule has 1 rings (SSSR count). The topological polar surface area (TPSA) is 63.6 Å². The van der Waals surface area contributed by atoms with E-state index in [4.69, 9.17) is 21.4 Å². The number of carbonyl (C=O) groups excluding carboxylic acids is 1. The predicted molar refractivity (Wildman–Crippen MR) is 72.5 cm³/mol. The Bertz CT molecular complexity index is 535. The molecule has 0 aromatic heterocycles. The van der Waals surface area contributed by atoms with Gasteiger partial charge in [0.15, 0.2) is 0 Å². The Morgan fingerprint density at radius 3 is 2.45 bits per heavy atom. The van der Waals surface area contributed by atoms with Gasteiger partial charge in [-0.05, 0) is 44.9 Å². The average Bonchev–Trinajstić information content (AvgIpc) is 2.27. The quantitative estimate of drug-likeness (QED) is 0.865. The van der Waals surface area contributed by atoms with Gasteiger partial charge in [0.25, 0.3) is 0 Å². The molecular weight excluding hydrogens is 287 g/mol. The average molecular weight is 303 g/mol. The van der Waals surface area contributed by atoms with Crippen molar-refractivity contribution >= 4 is 23.5 Å². The van der Waals surface area contributed by atoms with Crippen molar-refractivity contribution in [3.05, 3.63) is 34.1 Å². The second-order valence-corrected chi connectivity index (χ2v) is 5.72. The Hall–Kier alpha value is -1.62. The molecule has 0 bridgehead atoms. The lowest BCUT2D eigenvalue weighted by Crippen LogP contribution is -2.24. The molecule has 0 saturated heterocycles. The summed E-state index contributed by atoms with van der Waals surface area (Å²) in [6, 6.07) is 2.08. The first-order valence-corrected chi connectivity index (χ1v) is 6.41. The van der Waals surface area contributed by atoms with Gasteiger partial charge in [-0.15, -0.1) is 0 Å². The highest BCUT2D eigenvalue weighted by molar-refractivity contribution is 6.33. The number of aryl methyl sites for hydroxylation is 1. The molecule has 0 radical (unpaired) electrons. The summed E-state index contributed by atoms with van der Waals surface area (Å²) in [5.41, 5.74) is -0.712. The van der Waals surface area contributed by atoms with Crippen LogP contribution in [0.2, 0.25) is 5.02 Å². The molecule has 0 saturated carbocycles. The third-order valence-electron chi connectivity index (χ3n) is 2.38. The molecule has 0 aliphatic heterocycles. The van der Waals surface area contributed by atoms with Crippen LogP contribution in [0.25, 0.3) is 0 Å². The summed E-state index contributed by atoms with van der Waals surface area (Å²) in [7, 11) is 0. The van der Waals surface area contributed by atoms with Gasteiger partial charge in [0.2, 0.25) is 0 Å². The Morgan fingerprint density at radius 2 is 1.95 bits per heavy atom. The lowest BCUT2D eigenvalue weighted by molar-refractivity contribution is -0.154. The smallest absolute Gasteiger partial charge is 0.337 e. The Labute approximate surface area is 121 Å². The Morgan fingerprint density at radius 1 is 1.35 bits per heavy atom. The SMILES string of the molecule is CC(C)(C)OC(=O)CCc1cc(Cl)c(C(=O)O)cc1F. The first kappa shape index (κ1) is 16.4. The second-order valence-electron chi connectivity index (χ2n) is 5.32. The minimum Gasteiger partial charge on any atom is -0.478 e. The maximum absolute atomic E-state index is 13.7. The molecule has 20 heavy (non-hydrogen) atoms. The van der Waals surface area contributed by atoms with Crippen molar-refractivity contribution in [1.29, 1.82) is 0 Å². The molecule has 0 spiro atoms. The molecule has 0 aliphatic carbocycles. The third kappa shape index (κ3) is 4.81. The monoisotopic (exact) mass is 302 g/mol. The number of carboxylic acids is 1. The largest absolute Gasteiger partial charge is 0.478 e. The van der Waals surface area contributed by atoms with Crippen LogP contribution in [0.4, 0.5) is 4.39 Å². The van der Waals surface area contributed by atoms with Gasteiger partial charge >= 0.3 is 11.9 Å². The molecule has 0 heterocycles. The van der Waals surface area contributed by atoms with E-state index in [1.165, 1.54) is 6.07 Å². The summed E-state index contributed by atoms with van der Waals surface area (Å²) in [5.74, 6) is -2.45. The summed E-state index contributed by atoms with van der Waals surface area (Å²) in [6.45, 7) is 5.22. The van der Waals surface area contributed by atoms with Crippen LogP contribution in [-0.2, 0) is 16.0 Å². The van der Waals surface area contributed by atoms with Crippen molar-refractivity contribution < 1.29 is 23.8 Å². The van der Waals surface area contributed by atoms with Crippen LogP contribution in [0.5, 0.6) is 0 Å². The van der Waals surface area contributed by atoms with Crippen molar-refractivity contribution in [3.63, 3.8) is 0 Å². The summed E-state index contributed by atoms with van der Waals surface area (Å²) < 4.78 is 18.8. The van der Waals surface area contributed by atoms with E-state index < -0.39 is 23.4 Å². The molecule has 0 atom stereocenters. The number of halogens is 2. The number of ether oxygens (including phenoxy) is 1. The van der Waals surface area contributed by atoms with Crippen molar-refractivity contribution in [3.8, 4) is 0 Å². The highest BCUT2D eigenvalue weighted by Gasteiger charge is 2.18. The molecule has 0 fully saturated rings. The fraction of sp³-hybridized carbons (Fsp3) is 0.429. The second kappa shape index (κ2) is 6.22. The lowest BCUT2D eigenvalue weighted by atomic mass is 10.1. The van der Waals surface area contributed by atoms with Gasteiger partial charge in [0, 0.05) is 6.42 Å². The molecule has 1 N–H and O–H groups in total. The molecule has 6 heteroatoms. The van der Waals surface area contributed by atoms with Gasteiger partial charge < -0.3 is 9.84 Å². The van der Waals surface area contributed by atoms with Crippen LogP contribution in [0, 0.1) is 5.82 Å². The van der Waals surface area contributed by atoms with E-state index in [0.717, 1.165) is 6.07 Å². The fourth-order valence-electron chi connectivity index (χ4n) is 1.57. The summed E-state index contributed by atoms with van der Waals surface area (Å²) in [6.07, 6.45) is 0.0945. The molecular formula is C14H16ClFO4. The number of hydrogen-bond acceptors (Lipinski definition) is 3. The number of aromatic carboxylic acids is 1. The van der Waals surface area contributed by atoms with Crippen LogP contribution in [-0.4, -0.2) is 22.6 Å². The number of carbonyl (C=O) groups is 2. The predicted octanol–water partition coefficient (Wildman–Crippen LogP) is 3.45. The van der Waals surface area contributed by atoms with E-state index in [2.05, 4.69) is 0 Å². The standard InChI is InChI=1S/C14H16ClFO4/c1-14(2,3)20-12(17)5-4-8-6-10(15)9(13(18)19)7-11(8)16/h6-7H,4-5H2,1-3H3,(H,18,19). The van der Waals surface area contributed by atoms with E-state index in [0.29, 0.717) is 0 Å². The number of benzene rings is 1. The van der Waals surface area contributed by atoms with Crippen molar-refractivity contribution in [2.24, 2.45) is 0 Å². The fourth-order valence-corrected chi connectivity index (χ4v) is 1.84. The minimum atomic E-state index is -1.30. The maximum atomic E-state index is 13.7. The van der Waals surface area contributed by atoms with E-state index in [9.17, 15) is 14.0 Å². The number of carboxylic acid groups (broad SMARTS) is 1. The molecule has 0 amide bonds. The molecule has 4 nitrogen and oxygen atoms in total. The van der Waals surface area contributed by atoms with Crippen LogP contribution in [0.3, 0.4) is 0 Å². The third-order valence-corrected chi connectivity index (χ3v) is 2.70. The van der Waals surface area contributed by atoms with E-state index in [1.807, 2.05) is 0 Å². The number of rotatable bonds is 4. The first-order valence-electron chi connectivity index (χ1n) is 6.03. The molecule has 110 valence electrons. The highest BCUT2D eigenvalue weighted by atomic mass is 35.5. The van der Waals surface area contributed by atoms with E-state index >= 15 is 0 Å². The van der Waals surface area contributed by atoms with Crippen molar-refractivity contribution in [2.75, 3.05) is 0 Å². The summed E-state index contributed by atoms with van der Waals surface area (Å²) >= 11 is 5.75.